The quantitative estimate of drug-likeness (QED) is 0.462. The maximum absolute atomic E-state index is 11.5. The first-order valence-electron chi connectivity index (χ1n) is 9.14. The molecule has 1 aromatic carbocycles. The third-order valence-electron chi connectivity index (χ3n) is 4.31. The summed E-state index contributed by atoms with van der Waals surface area (Å²) in [7, 11) is 1.47. The van der Waals surface area contributed by atoms with E-state index >= 15 is 0 Å². The van der Waals surface area contributed by atoms with E-state index in [9.17, 15) is 19.8 Å². The lowest BCUT2D eigenvalue weighted by Gasteiger charge is -2.14. The minimum Gasteiger partial charge on any atom is -0.497 e. The van der Waals surface area contributed by atoms with Crippen molar-refractivity contribution in [3.63, 3.8) is 0 Å². The molecule has 0 amide bonds. The average Bonchev–Trinajstić information content (AvgIpc) is 2.59. The summed E-state index contributed by atoms with van der Waals surface area (Å²) in [5, 5.41) is 28.7. The molecule has 146 valence electrons. The molecule has 0 fully saturated rings. The van der Waals surface area contributed by atoms with E-state index in [0.29, 0.717) is 24.2 Å². The lowest BCUT2D eigenvalue weighted by atomic mass is 9.97. The predicted molar refractivity (Wildman–Crippen MR) is 98.5 cm³/mol. The Balaban J connectivity index is 2.31. The highest BCUT2D eigenvalue weighted by atomic mass is 16.5. The number of hydrogen-bond donors (Lipinski definition) is 3. The number of ketones is 1. The molecule has 0 aliphatic rings. The summed E-state index contributed by atoms with van der Waals surface area (Å²) in [5.74, 6) is -0.542. The molecule has 0 saturated heterocycles. The molecule has 0 heterocycles. The molecule has 6 nitrogen and oxygen atoms in total. The number of carboxylic acids is 1. The van der Waals surface area contributed by atoms with E-state index in [0.717, 1.165) is 32.1 Å². The van der Waals surface area contributed by atoms with Gasteiger partial charge in [-0.3, -0.25) is 4.79 Å². The number of carbonyl (C=O) groups excluding carboxylic acids is 1. The second-order valence-electron chi connectivity index (χ2n) is 6.67. The molecule has 0 saturated carbocycles. The number of benzene rings is 1. The van der Waals surface area contributed by atoms with Crippen molar-refractivity contribution in [2.24, 2.45) is 0 Å². The number of aliphatic hydroxyl groups excluding tert-OH is 2. The van der Waals surface area contributed by atoms with Gasteiger partial charge in [0, 0.05) is 12.8 Å². The topological polar surface area (TPSA) is 104 Å². The lowest BCUT2D eigenvalue weighted by Crippen LogP contribution is -2.08. The predicted octanol–water partition coefficient (Wildman–Crippen LogP) is 3.50. The Morgan fingerprint density at radius 3 is 2.35 bits per heavy atom. The highest BCUT2D eigenvalue weighted by Gasteiger charge is 2.17. The minimum atomic E-state index is -1.08. The van der Waals surface area contributed by atoms with E-state index in [4.69, 9.17) is 9.84 Å². The van der Waals surface area contributed by atoms with Gasteiger partial charge >= 0.3 is 5.97 Å². The van der Waals surface area contributed by atoms with E-state index in [1.54, 1.807) is 19.1 Å². The molecule has 26 heavy (non-hydrogen) atoms. The number of hydrogen-bond acceptors (Lipinski definition) is 5. The van der Waals surface area contributed by atoms with Gasteiger partial charge in [0.15, 0.2) is 0 Å². The first kappa shape index (κ1) is 22.1. The van der Waals surface area contributed by atoms with E-state index in [1.165, 1.54) is 13.2 Å². The maximum Gasteiger partial charge on any atom is 0.336 e. The second-order valence-corrected chi connectivity index (χ2v) is 6.67. The molecule has 2 unspecified atom stereocenters. The highest BCUT2D eigenvalue weighted by molar-refractivity contribution is 5.90. The van der Waals surface area contributed by atoms with E-state index in [-0.39, 0.29) is 17.8 Å². The number of ether oxygens (including phenoxy) is 1. The largest absolute Gasteiger partial charge is 0.497 e. The monoisotopic (exact) mass is 366 g/mol. The average molecular weight is 366 g/mol. The smallest absolute Gasteiger partial charge is 0.336 e. The van der Waals surface area contributed by atoms with Gasteiger partial charge in [-0.05, 0) is 37.5 Å². The van der Waals surface area contributed by atoms with Gasteiger partial charge in [0.2, 0.25) is 0 Å². The molecule has 0 aromatic heterocycles. The molecule has 6 heteroatoms. The molecule has 2 atom stereocenters. The zero-order valence-electron chi connectivity index (χ0n) is 15.6. The Morgan fingerprint density at radius 2 is 1.73 bits per heavy atom. The third kappa shape index (κ3) is 7.97. The molecule has 1 aromatic rings. The van der Waals surface area contributed by atoms with E-state index in [2.05, 4.69) is 0 Å². The van der Waals surface area contributed by atoms with Crippen molar-refractivity contribution in [1.29, 1.82) is 0 Å². The Hall–Kier alpha value is -1.92. The second kappa shape index (κ2) is 11.6. The van der Waals surface area contributed by atoms with Crippen molar-refractivity contribution in [2.75, 3.05) is 7.11 Å². The van der Waals surface area contributed by atoms with Crippen molar-refractivity contribution in [1.82, 2.24) is 0 Å². The summed E-state index contributed by atoms with van der Waals surface area (Å²) in [6.07, 6.45) is 4.24. The van der Waals surface area contributed by atoms with Crippen LogP contribution in [0.5, 0.6) is 5.75 Å². The number of Topliss-reactive ketones (excluding diaryl/α,β-unsaturated/α-hetero) is 1. The summed E-state index contributed by atoms with van der Waals surface area (Å²) >= 11 is 0. The fraction of sp³-hybridized carbons (Fsp3) is 0.600. The summed E-state index contributed by atoms with van der Waals surface area (Å²) in [4.78, 5) is 22.8. The normalized spacial score (nSPS) is 13.2. The molecule has 0 aliphatic heterocycles. The Kier molecular flexibility index (Phi) is 9.91. The Labute approximate surface area is 154 Å². The van der Waals surface area contributed by atoms with Crippen LogP contribution in [0.25, 0.3) is 0 Å². The van der Waals surface area contributed by atoms with Gasteiger partial charge in [0.1, 0.15) is 11.5 Å². The summed E-state index contributed by atoms with van der Waals surface area (Å²) in [6, 6.07) is 4.67. The van der Waals surface area contributed by atoms with Crippen LogP contribution in [0, 0.1) is 0 Å². The van der Waals surface area contributed by atoms with Crippen molar-refractivity contribution >= 4 is 11.8 Å². The Morgan fingerprint density at radius 1 is 1.08 bits per heavy atom. The number of methoxy groups -OCH3 is 1. The van der Waals surface area contributed by atoms with Crippen LogP contribution in [0.4, 0.5) is 0 Å². The maximum atomic E-state index is 11.5. The van der Waals surface area contributed by atoms with Crippen LogP contribution >= 0.6 is 0 Å². The van der Waals surface area contributed by atoms with Crippen LogP contribution in [0.3, 0.4) is 0 Å². The fourth-order valence-electron chi connectivity index (χ4n) is 2.92. The Bertz CT molecular complexity index is 582. The minimum absolute atomic E-state index is 0.0634. The van der Waals surface area contributed by atoms with Crippen LogP contribution in [0.2, 0.25) is 0 Å². The molecule has 0 spiro atoms. The standard InChI is InChI=1S/C20H30O6/c1-14(21)12-15(22)8-6-4-3-5-7-9-19(23)17-11-10-16(26-2)13-18(17)20(24)25/h10-11,13-14,19,21,23H,3-9,12H2,1-2H3,(H,24,25). The fourth-order valence-corrected chi connectivity index (χ4v) is 2.92. The number of carboxylic acid groups (broad SMARTS) is 1. The van der Waals surface area contributed by atoms with Crippen LogP contribution in [-0.2, 0) is 4.79 Å². The molecule has 0 radical (unpaired) electrons. The van der Waals surface area contributed by atoms with Gasteiger partial charge in [-0.2, -0.15) is 0 Å². The SMILES string of the molecule is COc1ccc(C(O)CCCCCCCC(=O)CC(C)O)c(C(=O)O)c1. The summed E-state index contributed by atoms with van der Waals surface area (Å²) in [5.41, 5.74) is 0.468. The van der Waals surface area contributed by atoms with Gasteiger partial charge < -0.3 is 20.1 Å². The molecule has 0 aliphatic carbocycles. The summed E-state index contributed by atoms with van der Waals surface area (Å²) < 4.78 is 5.03. The highest BCUT2D eigenvalue weighted by Crippen LogP contribution is 2.27. The van der Waals surface area contributed by atoms with Gasteiger partial charge in [-0.1, -0.05) is 31.7 Å². The van der Waals surface area contributed by atoms with Crippen molar-refractivity contribution in [2.45, 2.75) is 70.5 Å². The molecule has 3 N–H and O–H groups in total. The van der Waals surface area contributed by atoms with Crippen LogP contribution in [-0.4, -0.2) is 40.3 Å². The van der Waals surface area contributed by atoms with Gasteiger partial charge in [0.25, 0.3) is 0 Å². The van der Waals surface area contributed by atoms with Gasteiger partial charge in [-0.25, -0.2) is 4.79 Å². The molecule has 1 rings (SSSR count). The zero-order chi connectivity index (χ0) is 19.5. The first-order chi connectivity index (χ1) is 12.3. The van der Waals surface area contributed by atoms with Crippen LogP contribution in [0.15, 0.2) is 18.2 Å². The summed E-state index contributed by atoms with van der Waals surface area (Å²) in [6.45, 7) is 1.61. The number of carbonyl (C=O) groups is 2. The molecule has 0 bridgehead atoms. The third-order valence-corrected chi connectivity index (χ3v) is 4.31. The number of unbranched alkanes of at least 4 members (excludes halogenated alkanes) is 4. The molecular weight excluding hydrogens is 336 g/mol. The van der Waals surface area contributed by atoms with Crippen LogP contribution in [0.1, 0.15) is 80.3 Å². The lowest BCUT2D eigenvalue weighted by molar-refractivity contribution is -0.120. The van der Waals surface area contributed by atoms with Gasteiger partial charge in [-0.15, -0.1) is 0 Å². The van der Waals surface area contributed by atoms with E-state index < -0.39 is 18.2 Å². The zero-order valence-corrected chi connectivity index (χ0v) is 15.6. The molecular formula is C20H30O6. The number of aliphatic hydroxyl groups is 2. The van der Waals surface area contributed by atoms with Crippen molar-refractivity contribution < 1.29 is 29.6 Å². The van der Waals surface area contributed by atoms with Crippen molar-refractivity contribution in [3.8, 4) is 5.75 Å². The first-order valence-corrected chi connectivity index (χ1v) is 9.14. The van der Waals surface area contributed by atoms with Crippen LogP contribution < -0.4 is 4.74 Å². The van der Waals surface area contributed by atoms with Gasteiger partial charge in [0.05, 0.1) is 24.9 Å². The van der Waals surface area contributed by atoms with Crippen molar-refractivity contribution in [3.05, 3.63) is 29.3 Å². The number of aromatic carboxylic acids is 1. The van der Waals surface area contributed by atoms with E-state index in [1.807, 2.05) is 0 Å². The number of rotatable bonds is 13.